The van der Waals surface area contributed by atoms with E-state index in [4.69, 9.17) is 4.74 Å². The van der Waals surface area contributed by atoms with Gasteiger partial charge in [-0.1, -0.05) is 32.1 Å². The number of carbonyl (C=O) groups excluding carboxylic acids is 4. The van der Waals surface area contributed by atoms with Crippen molar-refractivity contribution in [1.29, 1.82) is 0 Å². The van der Waals surface area contributed by atoms with Crippen LogP contribution < -0.4 is 5.32 Å². The third kappa shape index (κ3) is 4.44. The number of cyclic esters (lactones) is 1. The van der Waals surface area contributed by atoms with Gasteiger partial charge in [0.05, 0.1) is 17.2 Å². The van der Waals surface area contributed by atoms with Crippen molar-refractivity contribution in [1.82, 2.24) is 5.32 Å². The van der Waals surface area contributed by atoms with Crippen molar-refractivity contribution in [2.24, 2.45) is 17.8 Å². The second-order valence-corrected chi connectivity index (χ2v) is 10.3. The smallest absolute Gasteiger partial charge is 0.333 e. The molecule has 8 nitrogen and oxygen atoms in total. The Balaban J connectivity index is 1.95. The lowest BCUT2D eigenvalue weighted by molar-refractivity contribution is -0.144. The van der Waals surface area contributed by atoms with Gasteiger partial charge < -0.3 is 20.3 Å². The van der Waals surface area contributed by atoms with E-state index in [1.165, 1.54) is 19.1 Å². The van der Waals surface area contributed by atoms with Crippen LogP contribution in [0.2, 0.25) is 0 Å². The number of phenols is 1. The van der Waals surface area contributed by atoms with E-state index in [2.05, 4.69) is 5.32 Å². The van der Waals surface area contributed by atoms with E-state index in [0.29, 0.717) is 6.42 Å². The summed E-state index contributed by atoms with van der Waals surface area (Å²) in [6.45, 7) is 8.78. The standard InChI is InChI=1S/C29H33NO7/c1-6-18-8-7-14(2)17(5)37-28(35)16(4)12-20-27(34)30-23-13-22(32)24-19(29(20,23)36)11-15(3)26(33)25(24)21(31)10-9-18/h7-8,11-14,17-18,20,33,36H,6,9-10H2,1-5H3,(H,30,34)/b8-7+,16-12-/t14-,17-,18+,20+,29-/m0/s1. The number of benzene rings is 1. The molecular formula is C29H33NO7. The highest BCUT2D eigenvalue weighted by atomic mass is 16.5. The van der Waals surface area contributed by atoms with Crippen LogP contribution in [0.1, 0.15) is 78.8 Å². The maximum absolute atomic E-state index is 13.5. The second kappa shape index (κ2) is 9.74. The minimum Gasteiger partial charge on any atom is -0.507 e. The summed E-state index contributed by atoms with van der Waals surface area (Å²) in [6, 6.07) is 1.43. The van der Waals surface area contributed by atoms with E-state index in [9.17, 15) is 29.4 Å². The molecule has 1 aromatic carbocycles. The largest absolute Gasteiger partial charge is 0.507 e. The minimum absolute atomic E-state index is 0.0314. The van der Waals surface area contributed by atoms with Gasteiger partial charge >= 0.3 is 5.97 Å². The Morgan fingerprint density at radius 2 is 1.81 bits per heavy atom. The predicted molar refractivity (Wildman–Crippen MR) is 136 cm³/mol. The van der Waals surface area contributed by atoms with Gasteiger partial charge in [0, 0.05) is 35.1 Å². The Morgan fingerprint density at radius 1 is 1.11 bits per heavy atom. The first-order chi connectivity index (χ1) is 17.4. The number of aromatic hydroxyl groups is 1. The van der Waals surface area contributed by atoms with Crippen LogP contribution in [0.3, 0.4) is 0 Å². The zero-order valence-electron chi connectivity index (χ0n) is 21.8. The molecule has 2 aliphatic heterocycles. The molecule has 0 saturated carbocycles. The normalized spacial score (nSPS) is 32.6. The maximum Gasteiger partial charge on any atom is 0.333 e. The van der Waals surface area contributed by atoms with Crippen LogP contribution in [0.15, 0.2) is 41.6 Å². The Morgan fingerprint density at radius 3 is 2.49 bits per heavy atom. The molecule has 37 heavy (non-hydrogen) atoms. The van der Waals surface area contributed by atoms with Gasteiger partial charge in [-0.15, -0.1) is 0 Å². The van der Waals surface area contributed by atoms with Crippen LogP contribution in [-0.2, 0) is 19.9 Å². The number of allylic oxidation sites excluding steroid dienone is 2. The number of ether oxygens (including phenoxy) is 1. The van der Waals surface area contributed by atoms with Gasteiger partial charge in [-0.05, 0) is 51.2 Å². The molecule has 4 bridgehead atoms. The number of hydrogen-bond donors (Lipinski definition) is 3. The fraction of sp³-hybridized carbons (Fsp3) is 0.448. The van der Waals surface area contributed by atoms with Crippen molar-refractivity contribution in [2.75, 3.05) is 0 Å². The summed E-state index contributed by atoms with van der Waals surface area (Å²) in [5.74, 6) is -3.86. The molecule has 0 unspecified atom stereocenters. The van der Waals surface area contributed by atoms with Gasteiger partial charge in [0.25, 0.3) is 0 Å². The summed E-state index contributed by atoms with van der Waals surface area (Å²) in [4.78, 5) is 52.6. The van der Waals surface area contributed by atoms with E-state index in [0.717, 1.165) is 12.5 Å². The Bertz CT molecular complexity index is 1290. The van der Waals surface area contributed by atoms with Crippen LogP contribution >= 0.6 is 0 Å². The third-order valence-corrected chi connectivity index (χ3v) is 7.83. The lowest BCUT2D eigenvalue weighted by atomic mass is 9.72. The molecule has 0 aromatic heterocycles. The van der Waals surface area contributed by atoms with Gasteiger partial charge in [0.15, 0.2) is 11.6 Å². The number of ketones is 2. The zero-order chi connectivity index (χ0) is 27.2. The lowest BCUT2D eigenvalue weighted by Gasteiger charge is -2.34. The molecule has 0 spiro atoms. The molecule has 4 rings (SSSR count). The van der Waals surface area contributed by atoms with Crippen molar-refractivity contribution in [3.05, 3.63) is 63.9 Å². The van der Waals surface area contributed by atoms with Crippen molar-refractivity contribution in [2.45, 2.75) is 65.6 Å². The summed E-state index contributed by atoms with van der Waals surface area (Å²) in [5.41, 5.74) is -1.87. The van der Waals surface area contributed by atoms with E-state index < -0.39 is 41.1 Å². The van der Waals surface area contributed by atoms with Crippen molar-refractivity contribution < 1.29 is 34.1 Å². The summed E-state index contributed by atoms with van der Waals surface area (Å²) in [6.07, 6.45) is 7.26. The number of nitrogens with one attached hydrogen (secondary N) is 1. The third-order valence-electron chi connectivity index (χ3n) is 7.83. The molecule has 1 fully saturated rings. The molecule has 3 N–H and O–H groups in total. The fourth-order valence-electron chi connectivity index (χ4n) is 5.21. The van der Waals surface area contributed by atoms with Crippen molar-refractivity contribution >= 4 is 23.4 Å². The monoisotopic (exact) mass is 507 g/mol. The SMILES string of the molecule is CC[C@@H]1/C=C/[C@H](C)[C@H](C)OC(=O)/C(C)=C\[C@@H]2C(=O)NC3=CC(=O)c4c(cc(C)c(O)c4C(=O)CC1)[C@@]32O. The maximum atomic E-state index is 13.5. The average molecular weight is 508 g/mol. The Labute approximate surface area is 216 Å². The van der Waals surface area contributed by atoms with Gasteiger partial charge in [-0.3, -0.25) is 14.4 Å². The van der Waals surface area contributed by atoms with Crippen LogP contribution in [0, 0.1) is 24.7 Å². The molecule has 3 aliphatic rings. The number of hydrogen-bond acceptors (Lipinski definition) is 7. The number of carbonyl (C=O) groups is 4. The molecule has 1 amide bonds. The van der Waals surface area contributed by atoms with Gasteiger partial charge in [0.2, 0.25) is 5.91 Å². The van der Waals surface area contributed by atoms with E-state index in [-0.39, 0.29) is 57.5 Å². The van der Waals surface area contributed by atoms with Crippen LogP contribution in [-0.4, -0.2) is 39.8 Å². The summed E-state index contributed by atoms with van der Waals surface area (Å²) in [5, 5.41) is 25.4. The molecular weight excluding hydrogens is 474 g/mol. The number of rotatable bonds is 1. The van der Waals surface area contributed by atoms with Gasteiger partial charge in [-0.25, -0.2) is 4.79 Å². The number of Topliss-reactive ketones (excluding diaryl/α,β-unsaturated/α-hetero) is 1. The first-order valence-electron chi connectivity index (χ1n) is 12.7. The highest BCUT2D eigenvalue weighted by molar-refractivity contribution is 6.17. The number of aliphatic hydroxyl groups is 1. The first kappa shape index (κ1) is 26.5. The van der Waals surface area contributed by atoms with Crippen molar-refractivity contribution in [3.8, 4) is 5.75 Å². The first-order valence-corrected chi connectivity index (χ1v) is 12.7. The molecule has 5 atom stereocenters. The molecule has 1 aliphatic carbocycles. The number of phenolic OH excluding ortho intramolecular Hbond substituents is 1. The minimum atomic E-state index is -2.03. The van der Waals surface area contributed by atoms with Crippen LogP contribution in [0.5, 0.6) is 5.75 Å². The van der Waals surface area contributed by atoms with E-state index in [1.54, 1.807) is 13.8 Å². The van der Waals surface area contributed by atoms with E-state index >= 15 is 0 Å². The molecule has 1 saturated heterocycles. The Hall–Kier alpha value is -3.52. The molecule has 0 radical (unpaired) electrons. The highest BCUT2D eigenvalue weighted by Gasteiger charge is 2.55. The van der Waals surface area contributed by atoms with Gasteiger partial charge in [0.1, 0.15) is 17.5 Å². The second-order valence-electron chi connectivity index (χ2n) is 10.3. The topological polar surface area (TPSA) is 130 Å². The Kier molecular flexibility index (Phi) is 6.99. The fourth-order valence-corrected chi connectivity index (χ4v) is 5.21. The summed E-state index contributed by atoms with van der Waals surface area (Å²) < 4.78 is 5.64. The summed E-state index contributed by atoms with van der Waals surface area (Å²) >= 11 is 0. The number of esters is 1. The lowest BCUT2D eigenvalue weighted by Crippen LogP contribution is -2.39. The highest BCUT2D eigenvalue weighted by Crippen LogP contribution is 2.49. The van der Waals surface area contributed by atoms with Gasteiger partial charge in [-0.2, -0.15) is 0 Å². The van der Waals surface area contributed by atoms with E-state index in [1.807, 2.05) is 26.0 Å². The predicted octanol–water partition coefficient (Wildman–Crippen LogP) is 3.79. The van der Waals surface area contributed by atoms with Crippen molar-refractivity contribution in [3.63, 3.8) is 0 Å². The zero-order valence-corrected chi connectivity index (χ0v) is 21.8. The molecule has 196 valence electrons. The summed E-state index contributed by atoms with van der Waals surface area (Å²) in [7, 11) is 0. The van der Waals surface area contributed by atoms with Crippen LogP contribution in [0.25, 0.3) is 0 Å². The van der Waals surface area contributed by atoms with Crippen LogP contribution in [0.4, 0.5) is 0 Å². The molecule has 8 heteroatoms. The number of aryl methyl sites for hydroxylation is 1. The average Bonchev–Trinajstić information content (AvgIpc) is 3.09. The molecule has 2 heterocycles. The molecule has 1 aromatic rings. The quantitative estimate of drug-likeness (QED) is 0.389. The number of amides is 1.